The average Bonchev–Trinajstić information content (AvgIpc) is 3.31. The van der Waals surface area contributed by atoms with Crippen molar-refractivity contribution in [3.8, 4) is 22.2 Å². The first-order valence-electron chi connectivity index (χ1n) is 7.79. The van der Waals surface area contributed by atoms with Crippen LogP contribution in [0.1, 0.15) is 11.8 Å². The lowest BCUT2D eigenvalue weighted by molar-refractivity contribution is 0.424. The molecular weight excluding hydrogens is 412 g/mol. The minimum atomic E-state index is -3.61. The molecule has 0 aromatic carbocycles. The Bertz CT molecular complexity index is 1120. The Morgan fingerprint density at radius 2 is 2.15 bits per heavy atom. The molecule has 9 nitrogen and oxygen atoms in total. The maximum atomic E-state index is 12.4. The van der Waals surface area contributed by atoms with Gasteiger partial charge in [-0.25, -0.2) is 12.7 Å². The molecule has 3 aromatic heterocycles. The Labute approximate surface area is 163 Å². The second-order valence-corrected chi connectivity index (χ2v) is 9.81. The molecule has 1 aliphatic heterocycles. The van der Waals surface area contributed by atoms with Crippen molar-refractivity contribution in [2.24, 2.45) is 0 Å². The van der Waals surface area contributed by atoms with E-state index in [0.29, 0.717) is 21.5 Å². The minimum absolute atomic E-state index is 0.187. The summed E-state index contributed by atoms with van der Waals surface area (Å²) in [4.78, 5) is 4.66. The molecule has 1 aliphatic rings. The SMILES string of the molecule is CN1C(=N)N[C@](C)(c2sc(-c3ccc(-c4nnco4)[nH]3)cc2Cl)CS1(=O)=O. The van der Waals surface area contributed by atoms with E-state index in [1.54, 1.807) is 13.0 Å². The third-order valence-corrected chi connectivity index (χ3v) is 8.13. The fourth-order valence-electron chi connectivity index (χ4n) is 2.93. The standard InChI is InChI=1S/C15H15ClN6O3S2/c1-15(6-27(23,24)22(2)14(17)20-15)12-8(16)5-11(26-12)9-3-4-10(19-9)13-21-18-7-25-13/h3-5,7,19H,6H2,1-2H3,(H2,17,20)/t15-/m0/s1. The van der Waals surface area contributed by atoms with Crippen molar-refractivity contribution in [1.82, 2.24) is 24.8 Å². The fraction of sp³-hybridized carbons (Fsp3) is 0.267. The predicted molar refractivity (Wildman–Crippen MR) is 102 cm³/mol. The van der Waals surface area contributed by atoms with Gasteiger partial charge in [0.1, 0.15) is 5.69 Å². The summed E-state index contributed by atoms with van der Waals surface area (Å²) < 4.78 is 30.9. The number of aromatic nitrogens is 3. The molecule has 3 aromatic rings. The monoisotopic (exact) mass is 426 g/mol. The van der Waals surface area contributed by atoms with Crippen LogP contribution in [0.4, 0.5) is 0 Å². The highest BCUT2D eigenvalue weighted by molar-refractivity contribution is 7.89. The predicted octanol–water partition coefficient (Wildman–Crippen LogP) is 2.46. The Hall–Kier alpha value is -2.37. The number of hydrogen-bond acceptors (Lipinski definition) is 7. The summed E-state index contributed by atoms with van der Waals surface area (Å²) in [7, 11) is -2.25. The van der Waals surface area contributed by atoms with Crippen LogP contribution in [0.25, 0.3) is 22.2 Å². The van der Waals surface area contributed by atoms with E-state index in [9.17, 15) is 8.42 Å². The molecule has 142 valence electrons. The van der Waals surface area contributed by atoms with Gasteiger partial charge >= 0.3 is 0 Å². The van der Waals surface area contributed by atoms with Crippen LogP contribution in [-0.2, 0) is 15.6 Å². The van der Waals surface area contributed by atoms with Gasteiger partial charge in [-0.05, 0) is 25.1 Å². The third-order valence-electron chi connectivity index (χ3n) is 4.33. The first-order chi connectivity index (χ1) is 12.7. The molecule has 3 N–H and O–H groups in total. The van der Waals surface area contributed by atoms with Crippen molar-refractivity contribution >= 4 is 38.9 Å². The van der Waals surface area contributed by atoms with Gasteiger partial charge in [-0.2, -0.15) is 0 Å². The molecule has 12 heteroatoms. The van der Waals surface area contributed by atoms with Gasteiger partial charge in [0, 0.05) is 7.05 Å². The molecule has 0 saturated carbocycles. The number of hydrogen-bond donors (Lipinski definition) is 3. The lowest BCUT2D eigenvalue weighted by atomic mass is 10.0. The van der Waals surface area contributed by atoms with Crippen LogP contribution in [0.3, 0.4) is 0 Å². The van der Waals surface area contributed by atoms with Crippen molar-refractivity contribution in [2.75, 3.05) is 12.8 Å². The average molecular weight is 427 g/mol. The highest BCUT2D eigenvalue weighted by Gasteiger charge is 2.44. The zero-order valence-corrected chi connectivity index (χ0v) is 16.7. The van der Waals surface area contributed by atoms with Crippen molar-refractivity contribution in [3.63, 3.8) is 0 Å². The molecule has 27 heavy (non-hydrogen) atoms. The van der Waals surface area contributed by atoms with Crippen LogP contribution in [0.2, 0.25) is 5.02 Å². The summed E-state index contributed by atoms with van der Waals surface area (Å²) in [6, 6.07) is 5.44. The topological polar surface area (TPSA) is 128 Å². The van der Waals surface area contributed by atoms with Gasteiger partial charge in [0.05, 0.1) is 31.8 Å². The van der Waals surface area contributed by atoms with E-state index in [4.69, 9.17) is 21.4 Å². The lowest BCUT2D eigenvalue weighted by Crippen LogP contribution is -2.60. The van der Waals surface area contributed by atoms with Crippen molar-refractivity contribution in [1.29, 1.82) is 5.41 Å². The molecule has 4 rings (SSSR count). The van der Waals surface area contributed by atoms with Crippen LogP contribution in [0.15, 0.2) is 29.0 Å². The first kappa shape index (κ1) is 18.0. The Morgan fingerprint density at radius 1 is 1.41 bits per heavy atom. The summed E-state index contributed by atoms with van der Waals surface area (Å²) >= 11 is 7.80. The van der Waals surface area contributed by atoms with E-state index >= 15 is 0 Å². The highest BCUT2D eigenvalue weighted by atomic mass is 35.5. The maximum Gasteiger partial charge on any atom is 0.263 e. The molecule has 0 bridgehead atoms. The Kier molecular flexibility index (Phi) is 4.05. The van der Waals surface area contributed by atoms with Crippen LogP contribution in [0.5, 0.6) is 0 Å². The van der Waals surface area contributed by atoms with E-state index in [1.165, 1.54) is 24.8 Å². The molecular formula is C15H15ClN6O3S2. The van der Waals surface area contributed by atoms with Crippen LogP contribution in [0, 0.1) is 5.41 Å². The smallest absolute Gasteiger partial charge is 0.263 e. The van der Waals surface area contributed by atoms with E-state index < -0.39 is 15.6 Å². The summed E-state index contributed by atoms with van der Waals surface area (Å²) in [6.45, 7) is 1.73. The number of halogens is 1. The van der Waals surface area contributed by atoms with Crippen LogP contribution >= 0.6 is 22.9 Å². The number of aromatic amines is 1. The molecule has 1 fully saturated rings. The number of rotatable bonds is 3. The number of nitrogens with one attached hydrogen (secondary N) is 3. The van der Waals surface area contributed by atoms with Gasteiger partial charge < -0.3 is 14.7 Å². The number of sulfonamides is 1. The summed E-state index contributed by atoms with van der Waals surface area (Å²) in [5, 5.41) is 18.9. The largest absolute Gasteiger partial charge is 0.422 e. The zero-order chi connectivity index (χ0) is 19.4. The normalized spacial score (nSPS) is 22.0. The fourth-order valence-corrected chi connectivity index (χ4v) is 6.11. The first-order valence-corrected chi connectivity index (χ1v) is 10.6. The van der Waals surface area contributed by atoms with E-state index in [-0.39, 0.29) is 11.7 Å². The molecule has 1 atom stereocenters. The van der Waals surface area contributed by atoms with Gasteiger partial charge in [-0.3, -0.25) is 5.41 Å². The molecule has 0 radical (unpaired) electrons. The van der Waals surface area contributed by atoms with E-state index in [0.717, 1.165) is 14.9 Å². The molecule has 0 unspecified atom stereocenters. The Morgan fingerprint density at radius 3 is 2.81 bits per heavy atom. The van der Waals surface area contributed by atoms with Crippen LogP contribution < -0.4 is 5.32 Å². The lowest BCUT2D eigenvalue weighted by Gasteiger charge is -2.39. The number of H-pyrrole nitrogens is 1. The third kappa shape index (κ3) is 3.01. The van der Waals surface area contributed by atoms with Crippen LogP contribution in [-0.4, -0.2) is 46.7 Å². The van der Waals surface area contributed by atoms with E-state index in [1.807, 2.05) is 12.1 Å². The Balaban J connectivity index is 1.71. The van der Waals surface area contributed by atoms with Crippen molar-refractivity contribution in [2.45, 2.75) is 12.5 Å². The minimum Gasteiger partial charge on any atom is -0.422 e. The quantitative estimate of drug-likeness (QED) is 0.590. The zero-order valence-electron chi connectivity index (χ0n) is 14.3. The summed E-state index contributed by atoms with van der Waals surface area (Å²) in [5.41, 5.74) is 0.460. The second kappa shape index (κ2) is 6.08. The number of thiophene rings is 1. The van der Waals surface area contributed by atoms with E-state index in [2.05, 4.69) is 20.5 Å². The van der Waals surface area contributed by atoms with Gasteiger partial charge in [0.2, 0.25) is 22.4 Å². The van der Waals surface area contributed by atoms with Gasteiger partial charge in [-0.15, -0.1) is 21.5 Å². The van der Waals surface area contributed by atoms with Gasteiger partial charge in [-0.1, -0.05) is 11.6 Å². The summed E-state index contributed by atoms with van der Waals surface area (Å²) in [5.74, 6) is -0.0165. The summed E-state index contributed by atoms with van der Waals surface area (Å²) in [6.07, 6.45) is 1.25. The van der Waals surface area contributed by atoms with Gasteiger partial charge in [0.25, 0.3) is 5.89 Å². The number of guanidine groups is 1. The second-order valence-electron chi connectivity index (χ2n) is 6.35. The maximum absolute atomic E-state index is 12.4. The molecule has 0 amide bonds. The molecule has 4 heterocycles. The molecule has 0 aliphatic carbocycles. The molecule has 1 saturated heterocycles. The van der Waals surface area contributed by atoms with Gasteiger partial charge in [0.15, 0.2) is 0 Å². The molecule has 0 spiro atoms. The number of nitrogens with zero attached hydrogens (tertiary/aromatic N) is 3. The van der Waals surface area contributed by atoms with Crippen molar-refractivity contribution < 1.29 is 12.8 Å². The highest BCUT2D eigenvalue weighted by Crippen LogP contribution is 2.42. The van der Waals surface area contributed by atoms with Crippen molar-refractivity contribution in [3.05, 3.63) is 34.5 Å².